The third-order valence-corrected chi connectivity index (χ3v) is 4.05. The number of carbonyl (C=O) groups excluding carboxylic acids is 1. The Hall–Kier alpha value is -2.11. The average Bonchev–Trinajstić information content (AvgIpc) is 2.65. The molecule has 0 aliphatic rings. The van der Waals surface area contributed by atoms with E-state index in [-0.39, 0.29) is 12.8 Å². The van der Waals surface area contributed by atoms with Crippen molar-refractivity contribution in [3.63, 3.8) is 0 Å². The summed E-state index contributed by atoms with van der Waals surface area (Å²) in [5.41, 5.74) is 3.33. The van der Waals surface area contributed by atoms with Crippen LogP contribution in [-0.4, -0.2) is 39.7 Å². The summed E-state index contributed by atoms with van der Waals surface area (Å²) in [6.07, 6.45) is 6.93. The quantitative estimate of drug-likeness (QED) is 0.164. The summed E-state index contributed by atoms with van der Waals surface area (Å²) in [6.45, 7) is 12.0. The highest BCUT2D eigenvalue weighted by molar-refractivity contribution is 5.82. The molecule has 0 aromatic heterocycles. The first kappa shape index (κ1) is 23.9. The summed E-state index contributed by atoms with van der Waals surface area (Å²) in [7, 11) is 1.64. The highest BCUT2D eigenvalue weighted by Crippen LogP contribution is 2.36. The van der Waals surface area contributed by atoms with Crippen LogP contribution in [0.1, 0.15) is 63.1 Å². The van der Waals surface area contributed by atoms with Crippen LogP contribution in [-0.2, 0) is 19.0 Å². The summed E-state index contributed by atoms with van der Waals surface area (Å²) in [6, 6.07) is 4.24. The molecule has 5 nitrogen and oxygen atoms in total. The van der Waals surface area contributed by atoms with Gasteiger partial charge >= 0.3 is 5.97 Å². The van der Waals surface area contributed by atoms with Crippen molar-refractivity contribution in [2.75, 3.05) is 33.7 Å². The minimum Gasteiger partial charge on any atom is -0.467 e. The van der Waals surface area contributed by atoms with Crippen LogP contribution in [0.4, 0.5) is 0 Å². The highest BCUT2D eigenvalue weighted by Gasteiger charge is 2.17. The van der Waals surface area contributed by atoms with E-state index in [1.807, 2.05) is 12.2 Å². The lowest BCUT2D eigenvalue weighted by Gasteiger charge is -2.21. The Kier molecular flexibility index (Phi) is 11.2. The van der Waals surface area contributed by atoms with Gasteiger partial charge in [-0.15, -0.1) is 0 Å². The molecule has 0 fully saturated rings. The summed E-state index contributed by atoms with van der Waals surface area (Å²) in [4.78, 5) is 11.4. The molecule has 1 aromatic rings. The standard InChI is InChI=1S/C23H34O5/c1-7-27-22(24)11-9-8-10-19-14-20(17(2)3)23(21(15-19)18(4)5)28-16-26-13-12-25-6/h8-11,14-15,17-18H,7,12-13,16H2,1-6H3. The van der Waals surface area contributed by atoms with E-state index in [1.165, 1.54) is 6.08 Å². The topological polar surface area (TPSA) is 54.0 Å². The zero-order valence-corrected chi connectivity index (χ0v) is 18.0. The monoisotopic (exact) mass is 390 g/mol. The number of hydrogen-bond donors (Lipinski definition) is 0. The predicted molar refractivity (Wildman–Crippen MR) is 113 cm³/mol. The minimum absolute atomic E-state index is 0.195. The van der Waals surface area contributed by atoms with Crippen molar-refractivity contribution in [2.45, 2.75) is 46.5 Å². The molecule has 0 aliphatic carbocycles. The lowest BCUT2D eigenvalue weighted by molar-refractivity contribution is -0.137. The summed E-state index contributed by atoms with van der Waals surface area (Å²) >= 11 is 0. The van der Waals surface area contributed by atoms with Crippen molar-refractivity contribution in [3.8, 4) is 5.75 Å². The summed E-state index contributed by atoms with van der Waals surface area (Å²) in [5, 5.41) is 0. The SMILES string of the molecule is CCOC(=O)C=CC=Cc1cc(C(C)C)c(OCOCCOC)c(C(C)C)c1. The van der Waals surface area contributed by atoms with Gasteiger partial charge in [0.15, 0.2) is 6.79 Å². The second kappa shape index (κ2) is 13.1. The van der Waals surface area contributed by atoms with E-state index >= 15 is 0 Å². The van der Waals surface area contributed by atoms with Crippen LogP contribution in [0.25, 0.3) is 6.08 Å². The molecule has 0 bridgehead atoms. The molecule has 0 saturated carbocycles. The largest absolute Gasteiger partial charge is 0.467 e. The van der Waals surface area contributed by atoms with Gasteiger partial charge < -0.3 is 18.9 Å². The van der Waals surface area contributed by atoms with Gasteiger partial charge in [-0.05, 0) is 47.6 Å². The minimum atomic E-state index is -0.338. The van der Waals surface area contributed by atoms with Gasteiger partial charge in [-0.1, -0.05) is 45.9 Å². The van der Waals surface area contributed by atoms with Crippen molar-refractivity contribution in [1.82, 2.24) is 0 Å². The Morgan fingerprint density at radius 1 is 1.04 bits per heavy atom. The fourth-order valence-corrected chi connectivity index (χ4v) is 2.61. The molecule has 0 radical (unpaired) electrons. The smallest absolute Gasteiger partial charge is 0.330 e. The molecular formula is C23H34O5. The molecule has 1 rings (SSSR count). The Labute approximate surface area is 169 Å². The number of benzene rings is 1. The summed E-state index contributed by atoms with van der Waals surface area (Å²) in [5.74, 6) is 1.15. The number of allylic oxidation sites excluding steroid dienone is 2. The fraction of sp³-hybridized carbons (Fsp3) is 0.522. The Morgan fingerprint density at radius 2 is 1.68 bits per heavy atom. The predicted octanol–water partition coefficient (Wildman–Crippen LogP) is 5.07. The van der Waals surface area contributed by atoms with E-state index in [0.717, 1.165) is 22.4 Å². The van der Waals surface area contributed by atoms with Crippen LogP contribution in [0.5, 0.6) is 5.75 Å². The number of esters is 1. The number of methoxy groups -OCH3 is 1. The zero-order valence-electron chi connectivity index (χ0n) is 18.0. The van der Waals surface area contributed by atoms with E-state index in [2.05, 4.69) is 39.8 Å². The molecule has 0 unspecified atom stereocenters. The highest BCUT2D eigenvalue weighted by atomic mass is 16.7. The van der Waals surface area contributed by atoms with Crippen molar-refractivity contribution in [3.05, 3.63) is 47.1 Å². The van der Waals surface area contributed by atoms with Crippen molar-refractivity contribution in [2.24, 2.45) is 0 Å². The third kappa shape index (κ3) is 8.28. The second-order valence-electron chi connectivity index (χ2n) is 6.97. The van der Waals surface area contributed by atoms with E-state index in [1.54, 1.807) is 20.1 Å². The van der Waals surface area contributed by atoms with Gasteiger partial charge in [-0.25, -0.2) is 4.79 Å². The second-order valence-corrected chi connectivity index (χ2v) is 6.97. The summed E-state index contributed by atoms with van der Waals surface area (Å²) < 4.78 is 21.3. The van der Waals surface area contributed by atoms with Crippen LogP contribution in [0.3, 0.4) is 0 Å². The molecule has 0 saturated heterocycles. The van der Waals surface area contributed by atoms with E-state index in [4.69, 9.17) is 18.9 Å². The molecule has 1 aromatic carbocycles. The number of ether oxygens (including phenoxy) is 4. The van der Waals surface area contributed by atoms with Crippen LogP contribution in [0.2, 0.25) is 0 Å². The van der Waals surface area contributed by atoms with Gasteiger partial charge in [0, 0.05) is 13.2 Å². The maximum absolute atomic E-state index is 11.4. The van der Waals surface area contributed by atoms with Gasteiger partial charge in [0.1, 0.15) is 5.75 Å². The maximum Gasteiger partial charge on any atom is 0.330 e. The van der Waals surface area contributed by atoms with Gasteiger partial charge in [-0.2, -0.15) is 0 Å². The van der Waals surface area contributed by atoms with Crippen LogP contribution in [0, 0.1) is 0 Å². The average molecular weight is 391 g/mol. The molecule has 156 valence electrons. The van der Waals surface area contributed by atoms with Gasteiger partial charge in [-0.3, -0.25) is 0 Å². The molecule has 0 N–H and O–H groups in total. The number of rotatable bonds is 12. The van der Waals surface area contributed by atoms with Gasteiger partial charge in [0.25, 0.3) is 0 Å². The molecular weight excluding hydrogens is 356 g/mol. The normalized spacial score (nSPS) is 11.9. The third-order valence-electron chi connectivity index (χ3n) is 4.05. The molecule has 0 aliphatic heterocycles. The van der Waals surface area contributed by atoms with Gasteiger partial charge in [0.05, 0.1) is 19.8 Å². The molecule has 0 heterocycles. The maximum atomic E-state index is 11.4. The molecule has 28 heavy (non-hydrogen) atoms. The van der Waals surface area contributed by atoms with E-state index < -0.39 is 0 Å². The Bertz CT molecular complexity index is 630. The molecule has 0 amide bonds. The fourth-order valence-electron chi connectivity index (χ4n) is 2.61. The number of hydrogen-bond acceptors (Lipinski definition) is 5. The van der Waals surface area contributed by atoms with Crippen molar-refractivity contribution >= 4 is 12.0 Å². The first-order chi connectivity index (χ1) is 13.4. The van der Waals surface area contributed by atoms with E-state index in [0.29, 0.717) is 31.7 Å². The lowest BCUT2D eigenvalue weighted by Crippen LogP contribution is -2.11. The Balaban J connectivity index is 3.03. The molecule has 0 spiro atoms. The lowest BCUT2D eigenvalue weighted by atomic mass is 9.91. The Morgan fingerprint density at radius 3 is 2.21 bits per heavy atom. The van der Waals surface area contributed by atoms with Crippen molar-refractivity contribution in [1.29, 1.82) is 0 Å². The zero-order chi connectivity index (χ0) is 20.9. The first-order valence-electron chi connectivity index (χ1n) is 9.79. The first-order valence-corrected chi connectivity index (χ1v) is 9.79. The number of carbonyl (C=O) groups is 1. The van der Waals surface area contributed by atoms with Crippen molar-refractivity contribution < 1.29 is 23.7 Å². The van der Waals surface area contributed by atoms with Crippen LogP contribution >= 0.6 is 0 Å². The molecule has 0 atom stereocenters. The molecule has 5 heteroatoms. The van der Waals surface area contributed by atoms with E-state index in [9.17, 15) is 4.79 Å². The van der Waals surface area contributed by atoms with Crippen LogP contribution < -0.4 is 4.74 Å². The van der Waals surface area contributed by atoms with Crippen LogP contribution in [0.15, 0.2) is 30.4 Å². The van der Waals surface area contributed by atoms with Gasteiger partial charge in [0.2, 0.25) is 0 Å².